The average molecular weight is 425 g/mol. The third-order valence-corrected chi connectivity index (χ3v) is 3.95. The van der Waals surface area contributed by atoms with Crippen molar-refractivity contribution in [2.24, 2.45) is 0 Å². The predicted molar refractivity (Wildman–Crippen MR) is 72.1 cm³/mol. The molecule has 0 radical (unpaired) electrons. The number of rotatable bonds is 2. The second-order valence-electron chi connectivity index (χ2n) is 3.90. The predicted octanol–water partition coefficient (Wildman–Crippen LogP) is -5.40. The second-order valence-corrected chi connectivity index (χ2v) is 6.66. The third-order valence-electron chi connectivity index (χ3n) is 2.25. The van der Waals surface area contributed by atoms with Crippen LogP contribution in [-0.2, 0) is 20.2 Å². The van der Waals surface area contributed by atoms with E-state index in [1.54, 1.807) is 0 Å². The van der Waals surface area contributed by atoms with Gasteiger partial charge in [0.1, 0.15) is 31.7 Å². The van der Waals surface area contributed by atoms with Crippen LogP contribution in [0.5, 0.6) is 11.5 Å². The minimum absolute atomic E-state index is 0. The summed E-state index contributed by atoms with van der Waals surface area (Å²) in [6.45, 7) is 0. The van der Waals surface area contributed by atoms with Crippen LogP contribution in [-0.4, -0.2) is 36.2 Å². The normalized spacial score (nSPS) is 10.4. The minimum atomic E-state index is -4.38. The van der Waals surface area contributed by atoms with Crippen LogP contribution in [0.2, 0.25) is 0 Å². The fourth-order valence-corrected chi connectivity index (χ4v) is 2.16. The maximum Gasteiger partial charge on any atom is 1.00 e. The quantitative estimate of drug-likeness (QED) is 0.358. The summed E-state index contributed by atoms with van der Waals surface area (Å²) in [6, 6.07) is 8.79. The van der Waals surface area contributed by atoms with Gasteiger partial charge in [-0.05, 0) is 48.5 Å². The van der Waals surface area contributed by atoms with E-state index in [-0.39, 0.29) is 124 Å². The Bertz CT molecular complexity index is 758. The molecule has 0 bridgehead atoms. The van der Waals surface area contributed by atoms with Crippen molar-refractivity contribution in [2.45, 2.75) is 9.79 Å². The van der Waals surface area contributed by atoms with E-state index in [0.29, 0.717) is 0 Å². The Kier molecular flexibility index (Phi) is 13.4. The SMILES string of the molecule is O=S(=O)([O-])c1ccc(O)cc1.O=S(=O)([O-])c1ccc(O)cc1.[K+].[K+]. The van der Waals surface area contributed by atoms with Crippen LogP contribution in [0.4, 0.5) is 0 Å². The molecule has 0 saturated carbocycles. The Hall–Kier alpha value is 1.13. The molecule has 24 heavy (non-hydrogen) atoms. The summed E-state index contributed by atoms with van der Waals surface area (Å²) in [5.74, 6) is -0.144. The van der Waals surface area contributed by atoms with Gasteiger partial charge in [-0.3, -0.25) is 0 Å². The van der Waals surface area contributed by atoms with Crippen LogP contribution in [0.15, 0.2) is 58.3 Å². The fourth-order valence-electron chi connectivity index (χ4n) is 1.23. The molecule has 0 heterocycles. The van der Waals surface area contributed by atoms with Gasteiger partial charge >= 0.3 is 103 Å². The smallest absolute Gasteiger partial charge is 0.744 e. The zero-order valence-electron chi connectivity index (χ0n) is 12.8. The number of benzene rings is 2. The van der Waals surface area contributed by atoms with Gasteiger partial charge in [-0.2, -0.15) is 0 Å². The molecule has 2 aromatic carbocycles. The molecule has 12 heteroatoms. The molecule has 0 saturated heterocycles. The molecule has 2 rings (SSSR count). The molecule has 2 aromatic rings. The van der Waals surface area contributed by atoms with Gasteiger partial charge < -0.3 is 19.3 Å². The molecule has 120 valence electrons. The van der Waals surface area contributed by atoms with E-state index in [1.807, 2.05) is 0 Å². The van der Waals surface area contributed by atoms with Crippen LogP contribution in [0.25, 0.3) is 0 Å². The number of phenols is 2. The molecule has 8 nitrogen and oxygen atoms in total. The van der Waals surface area contributed by atoms with Gasteiger partial charge in [0.25, 0.3) is 0 Å². The zero-order chi connectivity index (χ0) is 17.0. The maximum atomic E-state index is 10.3. The summed E-state index contributed by atoms with van der Waals surface area (Å²) in [4.78, 5) is -0.675. The molecule has 0 spiro atoms. The summed E-state index contributed by atoms with van der Waals surface area (Å²) in [5, 5.41) is 17.5. The number of aromatic hydroxyl groups is 2. The van der Waals surface area contributed by atoms with Gasteiger partial charge in [0, 0.05) is 0 Å². The van der Waals surface area contributed by atoms with E-state index < -0.39 is 20.2 Å². The first-order valence-corrected chi connectivity index (χ1v) is 8.31. The molecule has 0 aliphatic carbocycles. The summed E-state index contributed by atoms with van der Waals surface area (Å²) in [5.41, 5.74) is 0. The Balaban J connectivity index is 0. The van der Waals surface area contributed by atoms with Crippen molar-refractivity contribution >= 4 is 20.2 Å². The van der Waals surface area contributed by atoms with Crippen LogP contribution >= 0.6 is 0 Å². The molecule has 0 unspecified atom stereocenters. The van der Waals surface area contributed by atoms with Gasteiger partial charge in [-0.1, -0.05) is 0 Å². The summed E-state index contributed by atoms with van der Waals surface area (Å²) >= 11 is 0. The van der Waals surface area contributed by atoms with E-state index >= 15 is 0 Å². The zero-order valence-corrected chi connectivity index (χ0v) is 20.7. The Morgan fingerprint density at radius 3 is 0.958 bits per heavy atom. The van der Waals surface area contributed by atoms with Crippen molar-refractivity contribution in [1.29, 1.82) is 0 Å². The van der Waals surface area contributed by atoms with E-state index in [4.69, 9.17) is 10.2 Å². The molecule has 2 N–H and O–H groups in total. The van der Waals surface area contributed by atoms with Gasteiger partial charge in [-0.15, -0.1) is 0 Å². The Labute approximate surface area is 224 Å². The van der Waals surface area contributed by atoms with Gasteiger partial charge in [-0.25, -0.2) is 16.8 Å². The number of hydrogen-bond acceptors (Lipinski definition) is 8. The number of hydrogen-bond donors (Lipinski definition) is 2. The Morgan fingerprint density at radius 2 is 0.792 bits per heavy atom. The van der Waals surface area contributed by atoms with Crippen molar-refractivity contribution in [3.05, 3.63) is 48.5 Å². The number of phenolic OH excluding ortho intramolecular Hbond substituents is 2. The molecule has 0 aliphatic heterocycles. The van der Waals surface area contributed by atoms with Crippen molar-refractivity contribution < 1.29 is 139 Å². The summed E-state index contributed by atoms with van der Waals surface area (Å²) < 4.78 is 61.8. The molecule has 0 amide bonds. The van der Waals surface area contributed by atoms with E-state index in [1.165, 1.54) is 0 Å². The molecular weight excluding hydrogens is 414 g/mol. The summed E-state index contributed by atoms with van der Waals surface area (Å²) in [6.07, 6.45) is 0. The second kappa shape index (κ2) is 11.8. The molecule has 0 aromatic heterocycles. The van der Waals surface area contributed by atoms with Crippen molar-refractivity contribution in [3.8, 4) is 11.5 Å². The molecular formula is C12H10K2O8S2. The third kappa shape index (κ3) is 10.3. The van der Waals surface area contributed by atoms with E-state index in [0.717, 1.165) is 48.5 Å². The standard InChI is InChI=1S/2C6H6O4S.2K/c2*7-5-1-3-6(4-2-5)11(8,9)10;;/h2*1-4,7H,(H,8,9,10);;/q;;2*+1/p-2. The largest absolute Gasteiger partial charge is 1.00 e. The summed E-state index contributed by atoms with van der Waals surface area (Å²) in [7, 11) is -8.76. The van der Waals surface area contributed by atoms with E-state index in [9.17, 15) is 25.9 Å². The van der Waals surface area contributed by atoms with Crippen LogP contribution < -0.4 is 103 Å². The van der Waals surface area contributed by atoms with Crippen molar-refractivity contribution in [2.75, 3.05) is 0 Å². The molecule has 0 fully saturated rings. The minimum Gasteiger partial charge on any atom is -0.744 e. The monoisotopic (exact) mass is 424 g/mol. The van der Waals surface area contributed by atoms with Crippen LogP contribution in [0.1, 0.15) is 0 Å². The average Bonchev–Trinajstić information content (AvgIpc) is 2.38. The van der Waals surface area contributed by atoms with Gasteiger partial charge in [0.2, 0.25) is 0 Å². The first kappa shape index (κ1) is 27.4. The van der Waals surface area contributed by atoms with Crippen molar-refractivity contribution in [3.63, 3.8) is 0 Å². The Morgan fingerprint density at radius 1 is 0.583 bits per heavy atom. The first-order chi connectivity index (χ1) is 10.00. The first-order valence-electron chi connectivity index (χ1n) is 5.50. The van der Waals surface area contributed by atoms with E-state index in [2.05, 4.69) is 0 Å². The topological polar surface area (TPSA) is 155 Å². The van der Waals surface area contributed by atoms with Crippen molar-refractivity contribution in [1.82, 2.24) is 0 Å². The van der Waals surface area contributed by atoms with Crippen LogP contribution in [0.3, 0.4) is 0 Å². The molecule has 0 aliphatic rings. The van der Waals surface area contributed by atoms with Crippen LogP contribution in [0, 0.1) is 0 Å². The maximum absolute atomic E-state index is 10.3. The van der Waals surface area contributed by atoms with Gasteiger partial charge in [0.05, 0.1) is 9.79 Å². The molecule has 0 atom stereocenters. The van der Waals surface area contributed by atoms with Gasteiger partial charge in [0.15, 0.2) is 0 Å². The fraction of sp³-hybridized carbons (Fsp3) is 0.